The molecule has 0 aromatic carbocycles. The Hall–Kier alpha value is -2.39. The van der Waals surface area contributed by atoms with Crippen LogP contribution >= 0.6 is 0 Å². The molecule has 0 aliphatic carbocycles. The van der Waals surface area contributed by atoms with E-state index < -0.39 is 0 Å². The topological polar surface area (TPSA) is 60.5 Å². The van der Waals surface area contributed by atoms with E-state index in [0.717, 1.165) is 34.8 Å². The predicted octanol–water partition coefficient (Wildman–Crippen LogP) is 0.110. The Balaban J connectivity index is 1.68. The first-order chi connectivity index (χ1) is 8.29. The van der Waals surface area contributed by atoms with E-state index in [1.54, 1.807) is 6.21 Å². The number of nitrogens with zero attached hydrogens (tertiary/aromatic N) is 3. The van der Waals surface area contributed by atoms with Gasteiger partial charge in [-0.25, -0.2) is 4.99 Å². The molecular weight excluding hydrogens is 216 g/mol. The largest absolute Gasteiger partial charge is 0.324 e. The Morgan fingerprint density at radius 3 is 3.06 bits per heavy atom. The molecule has 0 unspecified atom stereocenters. The number of carbonyl (C=O) groups is 1. The van der Waals surface area contributed by atoms with Crippen molar-refractivity contribution in [2.45, 2.75) is 12.8 Å². The predicted molar refractivity (Wildman–Crippen MR) is 65.5 cm³/mol. The second kappa shape index (κ2) is 2.84. The highest BCUT2D eigenvalue weighted by atomic mass is 16.1. The van der Waals surface area contributed by atoms with Crippen LogP contribution in [0.15, 0.2) is 28.7 Å². The molecule has 0 saturated heterocycles. The number of fused-ring (bicyclic) bond motifs is 1. The van der Waals surface area contributed by atoms with Gasteiger partial charge in [-0.1, -0.05) is 4.67 Å². The smallest absolute Gasteiger partial charge is 0.318 e. The van der Waals surface area contributed by atoms with Gasteiger partial charge in [0.25, 0.3) is 6.21 Å². The van der Waals surface area contributed by atoms with Gasteiger partial charge in [0.1, 0.15) is 5.84 Å². The third kappa shape index (κ3) is 1.17. The van der Waals surface area contributed by atoms with E-state index in [4.69, 9.17) is 0 Å². The summed E-state index contributed by atoms with van der Waals surface area (Å²) in [4.78, 5) is 15.7. The van der Waals surface area contributed by atoms with Gasteiger partial charge in [-0.15, -0.1) is 0 Å². The Kier molecular flexibility index (Phi) is 1.46. The Morgan fingerprint density at radius 1 is 1.29 bits per heavy atom. The van der Waals surface area contributed by atoms with Gasteiger partial charge in [-0.3, -0.25) is 4.79 Å². The third-order valence-electron chi connectivity index (χ3n) is 3.19. The van der Waals surface area contributed by atoms with Gasteiger partial charge in [-0.2, -0.15) is 0 Å². The molecule has 0 atom stereocenters. The highest BCUT2D eigenvalue weighted by Gasteiger charge is 2.27. The molecule has 0 bridgehead atoms. The molecule has 0 radical (unpaired) electrons. The molecule has 17 heavy (non-hydrogen) atoms. The van der Waals surface area contributed by atoms with Crippen molar-refractivity contribution < 1.29 is 4.79 Å². The summed E-state index contributed by atoms with van der Waals surface area (Å²) in [6.45, 7) is 0. The molecular formula is C12H9N4O+. The number of amides is 1. The molecule has 1 aromatic rings. The van der Waals surface area contributed by atoms with Crippen molar-refractivity contribution >= 4 is 29.9 Å². The van der Waals surface area contributed by atoms with Crippen molar-refractivity contribution in [3.63, 3.8) is 0 Å². The van der Waals surface area contributed by atoms with E-state index in [9.17, 15) is 4.79 Å². The molecule has 82 valence electrons. The van der Waals surface area contributed by atoms with Gasteiger partial charge >= 0.3 is 6.21 Å². The third-order valence-corrected chi connectivity index (χ3v) is 3.19. The highest BCUT2D eigenvalue weighted by Crippen LogP contribution is 2.26. The van der Waals surface area contributed by atoms with Gasteiger partial charge in [0.15, 0.2) is 5.70 Å². The van der Waals surface area contributed by atoms with Crippen LogP contribution in [-0.4, -0.2) is 28.7 Å². The van der Waals surface area contributed by atoms with Crippen LogP contribution in [0.4, 0.5) is 5.69 Å². The lowest BCUT2D eigenvalue weighted by Gasteiger charge is -2.01. The van der Waals surface area contributed by atoms with Crippen molar-refractivity contribution in [1.82, 2.24) is 9.24 Å². The fraction of sp³-hybridized carbons (Fsp3) is 0.167. The van der Waals surface area contributed by atoms with Crippen LogP contribution in [0.3, 0.4) is 0 Å². The average molecular weight is 225 g/mol. The van der Waals surface area contributed by atoms with E-state index in [0.29, 0.717) is 6.42 Å². The van der Waals surface area contributed by atoms with Crippen molar-refractivity contribution in [3.8, 4) is 0 Å². The molecule has 5 nitrogen and oxygen atoms in total. The fourth-order valence-electron chi connectivity index (χ4n) is 2.35. The Labute approximate surface area is 96.9 Å². The molecule has 1 N–H and O–H groups in total. The van der Waals surface area contributed by atoms with Gasteiger partial charge < -0.3 is 9.88 Å². The van der Waals surface area contributed by atoms with Crippen LogP contribution < -0.4 is 9.98 Å². The maximum Gasteiger partial charge on any atom is 0.318 e. The van der Waals surface area contributed by atoms with Crippen LogP contribution in [-0.2, 0) is 11.2 Å². The SMILES string of the molecule is O=C1Cc2cn(C3=NC4=C(C=[N+]=C4)C3)cc2N1. The van der Waals surface area contributed by atoms with E-state index in [2.05, 4.69) is 15.0 Å². The maximum absolute atomic E-state index is 11.2. The molecule has 0 spiro atoms. The van der Waals surface area contributed by atoms with E-state index in [-0.39, 0.29) is 5.91 Å². The van der Waals surface area contributed by atoms with Gasteiger partial charge in [-0.05, 0) is 0 Å². The van der Waals surface area contributed by atoms with Gasteiger partial charge in [0.05, 0.1) is 17.7 Å². The molecule has 1 amide bonds. The summed E-state index contributed by atoms with van der Waals surface area (Å²) in [5.41, 5.74) is 4.07. The number of rotatable bonds is 0. The summed E-state index contributed by atoms with van der Waals surface area (Å²) in [7, 11) is 0. The number of nitrogens with one attached hydrogen (secondary N) is 1. The summed E-state index contributed by atoms with van der Waals surface area (Å²) in [6.07, 6.45) is 8.81. The van der Waals surface area contributed by atoms with Crippen LogP contribution in [0.25, 0.3) is 0 Å². The number of aliphatic imine (C=N–C) groups is 1. The lowest BCUT2D eigenvalue weighted by atomic mass is 10.2. The number of aromatic nitrogens is 1. The first-order valence-corrected chi connectivity index (χ1v) is 5.48. The fourth-order valence-corrected chi connectivity index (χ4v) is 2.35. The zero-order valence-electron chi connectivity index (χ0n) is 8.97. The summed E-state index contributed by atoms with van der Waals surface area (Å²) in [5.74, 6) is 1.05. The van der Waals surface area contributed by atoms with Gasteiger partial charge in [0, 0.05) is 24.4 Å². The van der Waals surface area contributed by atoms with Crippen LogP contribution in [0.5, 0.6) is 0 Å². The molecule has 4 heterocycles. The molecule has 0 saturated carbocycles. The molecule has 0 fully saturated rings. The summed E-state index contributed by atoms with van der Waals surface area (Å²) in [6, 6.07) is 0. The second-order valence-corrected chi connectivity index (χ2v) is 4.35. The lowest BCUT2D eigenvalue weighted by Crippen LogP contribution is -2.11. The number of carbonyl (C=O) groups excluding carboxylic acids is 1. The quantitative estimate of drug-likeness (QED) is 0.626. The second-order valence-electron chi connectivity index (χ2n) is 4.35. The molecule has 5 heteroatoms. The number of anilines is 1. The molecule has 3 aliphatic rings. The zero-order chi connectivity index (χ0) is 11.4. The number of hydrogen-bond donors (Lipinski definition) is 1. The van der Waals surface area contributed by atoms with E-state index in [1.807, 2.05) is 23.2 Å². The lowest BCUT2D eigenvalue weighted by molar-refractivity contribution is -0.115. The molecule has 1 aromatic heterocycles. The number of hydrogen-bond acceptors (Lipinski definition) is 2. The minimum atomic E-state index is 0.0663. The van der Waals surface area contributed by atoms with Crippen molar-refractivity contribution in [1.29, 1.82) is 0 Å². The average Bonchev–Trinajstić information content (AvgIpc) is 2.90. The van der Waals surface area contributed by atoms with E-state index >= 15 is 0 Å². The summed E-state index contributed by atoms with van der Waals surface area (Å²) in [5, 5.41) is 2.83. The highest BCUT2D eigenvalue weighted by molar-refractivity contribution is 6.08. The van der Waals surface area contributed by atoms with Crippen LogP contribution in [0.2, 0.25) is 0 Å². The first-order valence-electron chi connectivity index (χ1n) is 5.48. The van der Waals surface area contributed by atoms with Crippen molar-refractivity contribution in [3.05, 3.63) is 29.2 Å². The normalized spacial score (nSPS) is 19.8. The Morgan fingerprint density at radius 2 is 2.24 bits per heavy atom. The molecule has 3 aliphatic heterocycles. The molecule has 4 rings (SSSR count). The summed E-state index contributed by atoms with van der Waals surface area (Å²) < 4.78 is 6.05. The zero-order valence-corrected chi connectivity index (χ0v) is 8.97. The minimum Gasteiger partial charge on any atom is -0.324 e. The monoisotopic (exact) mass is 225 g/mol. The number of allylic oxidation sites excluding steroid dienone is 2. The first kappa shape index (κ1) is 8.73. The standard InChI is InChI=1S/C12H8N4O/c17-12-2-8-5-16(6-10(8)15-12)11-1-7-3-13-4-9(7)14-11/h3-6H,1-2H2/p+1. The van der Waals surface area contributed by atoms with E-state index in [1.165, 1.54) is 0 Å². The van der Waals surface area contributed by atoms with Crippen molar-refractivity contribution in [2.24, 2.45) is 4.99 Å². The van der Waals surface area contributed by atoms with Crippen molar-refractivity contribution in [2.75, 3.05) is 5.32 Å². The van der Waals surface area contributed by atoms with Gasteiger partial charge in [0.2, 0.25) is 5.91 Å². The van der Waals surface area contributed by atoms with Crippen LogP contribution in [0.1, 0.15) is 12.0 Å². The Bertz CT molecular complexity index is 658. The van der Waals surface area contributed by atoms with Crippen LogP contribution in [0, 0.1) is 0 Å². The maximum atomic E-state index is 11.2. The summed E-state index contributed by atoms with van der Waals surface area (Å²) >= 11 is 0. The minimum absolute atomic E-state index is 0.0663.